The molecule has 0 aliphatic heterocycles. The van der Waals surface area contributed by atoms with E-state index in [9.17, 15) is 24.9 Å². The van der Waals surface area contributed by atoms with Gasteiger partial charge in [0.25, 0.3) is 0 Å². The molecule has 0 bridgehead atoms. The van der Waals surface area contributed by atoms with Crippen molar-refractivity contribution >= 4 is 11.6 Å². The monoisotopic (exact) mass is 374 g/mol. The van der Waals surface area contributed by atoms with Gasteiger partial charge in [0.2, 0.25) is 0 Å². The maximum atomic E-state index is 12.4. The number of fused-ring (bicyclic) bond motifs is 5. The summed E-state index contributed by atoms with van der Waals surface area (Å²) in [6, 6.07) is 0. The largest absolute Gasteiger partial charge is 0.393 e. The molecule has 0 radical (unpaired) electrons. The number of carbonyl (C=O) groups excluding carboxylic acids is 2. The van der Waals surface area contributed by atoms with Crippen LogP contribution in [0.4, 0.5) is 0 Å². The first-order valence-corrected chi connectivity index (χ1v) is 10.1. The number of hydrogen-bond donors (Lipinski definition) is 3. The molecule has 3 N–H and O–H groups in total. The van der Waals surface area contributed by atoms with Gasteiger partial charge in [-0.1, -0.05) is 25.0 Å². The van der Waals surface area contributed by atoms with Crippen molar-refractivity contribution in [1.82, 2.24) is 0 Å². The second-order valence-corrected chi connectivity index (χ2v) is 9.61. The predicted molar refractivity (Wildman–Crippen MR) is 99.7 cm³/mol. The molecule has 4 aliphatic rings. The van der Waals surface area contributed by atoms with Crippen LogP contribution < -0.4 is 0 Å². The lowest BCUT2D eigenvalue weighted by atomic mass is 9.45. The molecule has 5 nitrogen and oxygen atoms in total. The average Bonchev–Trinajstić information content (AvgIpc) is 2.87. The molecule has 3 saturated carbocycles. The Labute approximate surface area is 160 Å². The third-order valence-corrected chi connectivity index (χ3v) is 8.79. The SMILES string of the molecule is CC1=CC(=O)C=C2CC[C@H]3[C@@H]([C@@H](O)C[C@@]4(C)[C@@H]3CC[C@]4(O)C(=O)CO)[C@@]12C. The molecule has 0 aromatic carbocycles. The van der Waals surface area contributed by atoms with Crippen LogP contribution in [0.25, 0.3) is 0 Å². The maximum Gasteiger partial charge on any atom is 0.190 e. The van der Waals surface area contributed by atoms with Crippen LogP contribution in [0.3, 0.4) is 0 Å². The molecule has 0 heterocycles. The fourth-order valence-corrected chi connectivity index (χ4v) is 7.27. The Balaban J connectivity index is 1.77. The number of aliphatic hydroxyl groups is 3. The van der Waals surface area contributed by atoms with Crippen molar-refractivity contribution in [2.45, 2.75) is 64.6 Å². The third kappa shape index (κ3) is 2.22. The summed E-state index contributed by atoms with van der Waals surface area (Å²) < 4.78 is 0. The second-order valence-electron chi connectivity index (χ2n) is 9.61. The molecule has 0 saturated heterocycles. The quantitative estimate of drug-likeness (QED) is 0.687. The average molecular weight is 374 g/mol. The lowest BCUT2D eigenvalue weighted by Crippen LogP contribution is -2.62. The summed E-state index contributed by atoms with van der Waals surface area (Å²) in [4.78, 5) is 24.4. The molecule has 27 heavy (non-hydrogen) atoms. The van der Waals surface area contributed by atoms with E-state index in [1.165, 1.54) is 0 Å². The number of carbonyl (C=O) groups is 2. The van der Waals surface area contributed by atoms with Gasteiger partial charge in [-0.3, -0.25) is 9.59 Å². The van der Waals surface area contributed by atoms with Crippen LogP contribution in [0.15, 0.2) is 23.3 Å². The molecule has 3 fully saturated rings. The number of aliphatic hydroxyl groups excluding tert-OH is 2. The van der Waals surface area contributed by atoms with Crippen LogP contribution in [0.1, 0.15) is 52.9 Å². The Morgan fingerprint density at radius 3 is 2.63 bits per heavy atom. The summed E-state index contributed by atoms with van der Waals surface area (Å²) in [5.74, 6) is -0.225. The predicted octanol–water partition coefficient (Wildman–Crippen LogP) is 1.95. The van der Waals surface area contributed by atoms with Gasteiger partial charge in [0.1, 0.15) is 12.2 Å². The zero-order valence-corrected chi connectivity index (χ0v) is 16.4. The van der Waals surface area contributed by atoms with Gasteiger partial charge >= 0.3 is 0 Å². The topological polar surface area (TPSA) is 94.8 Å². The maximum absolute atomic E-state index is 12.4. The van der Waals surface area contributed by atoms with E-state index in [4.69, 9.17) is 0 Å². The molecule has 0 aromatic heterocycles. The van der Waals surface area contributed by atoms with E-state index in [-0.39, 0.29) is 29.0 Å². The number of hydrogen-bond acceptors (Lipinski definition) is 5. The molecule has 0 aromatic rings. The van der Waals surface area contributed by atoms with Crippen molar-refractivity contribution in [2.24, 2.45) is 28.6 Å². The number of Topliss-reactive ketones (excluding diaryl/α,β-unsaturated/α-hetero) is 1. The van der Waals surface area contributed by atoms with Gasteiger partial charge < -0.3 is 15.3 Å². The highest BCUT2D eigenvalue weighted by atomic mass is 16.3. The lowest BCUT2D eigenvalue weighted by molar-refractivity contribution is -0.179. The summed E-state index contributed by atoms with van der Waals surface area (Å²) in [5, 5.41) is 31.9. The van der Waals surface area contributed by atoms with Crippen molar-refractivity contribution in [3.8, 4) is 0 Å². The molecule has 0 spiro atoms. The molecule has 148 valence electrons. The molecular formula is C22H30O5. The normalized spacial score (nSPS) is 48.9. The van der Waals surface area contributed by atoms with Crippen LogP contribution >= 0.6 is 0 Å². The highest BCUT2D eigenvalue weighted by Gasteiger charge is 2.68. The van der Waals surface area contributed by atoms with E-state index < -0.39 is 29.5 Å². The first-order valence-electron chi connectivity index (χ1n) is 10.1. The van der Waals surface area contributed by atoms with Crippen LogP contribution in [-0.4, -0.2) is 45.2 Å². The lowest BCUT2D eigenvalue weighted by Gasteiger charge is -2.60. The van der Waals surface area contributed by atoms with Gasteiger partial charge in [0, 0.05) is 16.7 Å². The van der Waals surface area contributed by atoms with E-state index in [1.807, 2.05) is 13.8 Å². The Bertz CT molecular complexity index is 767. The minimum Gasteiger partial charge on any atom is -0.393 e. The van der Waals surface area contributed by atoms with Crippen molar-refractivity contribution in [2.75, 3.05) is 6.61 Å². The van der Waals surface area contributed by atoms with Crippen molar-refractivity contribution in [1.29, 1.82) is 0 Å². The van der Waals surface area contributed by atoms with Crippen LogP contribution in [0, 0.1) is 28.6 Å². The summed E-state index contributed by atoms with van der Waals surface area (Å²) in [5.41, 5.74) is -0.534. The Kier molecular flexibility index (Phi) is 4.12. The van der Waals surface area contributed by atoms with E-state index in [2.05, 4.69) is 6.92 Å². The molecule has 7 atom stereocenters. The fraction of sp³-hybridized carbons (Fsp3) is 0.727. The van der Waals surface area contributed by atoms with Gasteiger partial charge in [-0.05, 0) is 63.0 Å². The molecule has 5 heteroatoms. The standard InChI is InChI=1S/C22H30O5/c1-12-8-14(24)9-13-4-5-15-16-6-7-22(27,18(26)11-23)20(16,2)10-17(25)19(15)21(12,13)3/h8-9,15-17,19,23,25,27H,4-7,10-11H2,1-3H3/t15-,16-,17+,19+,20+,21+,22+/m1/s1. The highest BCUT2D eigenvalue weighted by molar-refractivity contribution is 6.02. The van der Waals surface area contributed by atoms with Gasteiger partial charge in [-0.15, -0.1) is 0 Å². The summed E-state index contributed by atoms with van der Waals surface area (Å²) in [6.07, 6.45) is 5.83. The van der Waals surface area contributed by atoms with Gasteiger partial charge in [0.15, 0.2) is 11.6 Å². The van der Waals surface area contributed by atoms with Crippen molar-refractivity contribution in [3.05, 3.63) is 23.3 Å². The van der Waals surface area contributed by atoms with Crippen molar-refractivity contribution in [3.63, 3.8) is 0 Å². The molecule has 4 aliphatic carbocycles. The summed E-state index contributed by atoms with van der Waals surface area (Å²) in [6.45, 7) is 5.37. The minimum atomic E-state index is -1.57. The third-order valence-electron chi connectivity index (χ3n) is 8.79. The van der Waals surface area contributed by atoms with E-state index in [1.54, 1.807) is 12.2 Å². The molecule has 0 amide bonds. The zero-order chi connectivity index (χ0) is 19.8. The molecular weight excluding hydrogens is 344 g/mol. The first-order chi connectivity index (χ1) is 12.6. The van der Waals surface area contributed by atoms with Gasteiger partial charge in [-0.2, -0.15) is 0 Å². The Hall–Kier alpha value is -1.30. The number of allylic oxidation sites excluding steroid dienone is 4. The van der Waals surface area contributed by atoms with E-state index in [0.717, 1.165) is 30.4 Å². The van der Waals surface area contributed by atoms with E-state index in [0.29, 0.717) is 12.8 Å². The second kappa shape index (κ2) is 5.85. The van der Waals surface area contributed by atoms with Crippen LogP contribution in [0.2, 0.25) is 0 Å². The Morgan fingerprint density at radius 1 is 1.26 bits per heavy atom. The fourth-order valence-electron chi connectivity index (χ4n) is 7.27. The summed E-state index contributed by atoms with van der Waals surface area (Å²) >= 11 is 0. The van der Waals surface area contributed by atoms with Crippen molar-refractivity contribution < 1.29 is 24.9 Å². The molecule has 0 unspecified atom stereocenters. The number of rotatable bonds is 2. The van der Waals surface area contributed by atoms with Crippen LogP contribution in [0.5, 0.6) is 0 Å². The minimum absolute atomic E-state index is 0.0218. The smallest absolute Gasteiger partial charge is 0.190 e. The molecule has 4 rings (SSSR count). The van der Waals surface area contributed by atoms with Crippen LogP contribution in [-0.2, 0) is 9.59 Å². The van der Waals surface area contributed by atoms with E-state index >= 15 is 0 Å². The zero-order valence-electron chi connectivity index (χ0n) is 16.4. The first kappa shape index (κ1) is 19.0. The van der Waals surface area contributed by atoms with Gasteiger partial charge in [-0.25, -0.2) is 0 Å². The number of ketones is 2. The highest BCUT2D eigenvalue weighted by Crippen LogP contribution is 2.67. The Morgan fingerprint density at radius 2 is 1.96 bits per heavy atom. The summed E-state index contributed by atoms with van der Waals surface area (Å²) in [7, 11) is 0. The van der Waals surface area contributed by atoms with Gasteiger partial charge in [0.05, 0.1) is 6.10 Å².